The van der Waals surface area contributed by atoms with E-state index in [0.717, 1.165) is 19.5 Å². The van der Waals surface area contributed by atoms with Crippen molar-refractivity contribution >= 4 is 5.91 Å². The highest BCUT2D eigenvalue weighted by atomic mass is 16.1. The third-order valence-electron chi connectivity index (χ3n) is 2.03. The standard InChI is InChI=1S/C13H24N4O/c1-13(2,3)16-12(18)11(9-14)10-15-7-6-8-17(4)5/h10,15H,6-8H2,1-5H3,(H,16,18)/b11-10-. The van der Waals surface area contributed by atoms with Crippen LogP contribution < -0.4 is 10.6 Å². The highest BCUT2D eigenvalue weighted by Gasteiger charge is 2.16. The number of hydrogen-bond donors (Lipinski definition) is 2. The van der Waals surface area contributed by atoms with E-state index in [-0.39, 0.29) is 17.0 Å². The van der Waals surface area contributed by atoms with Gasteiger partial charge in [-0.2, -0.15) is 5.26 Å². The summed E-state index contributed by atoms with van der Waals surface area (Å²) in [4.78, 5) is 13.8. The number of amides is 1. The molecule has 0 bridgehead atoms. The van der Waals surface area contributed by atoms with E-state index < -0.39 is 0 Å². The summed E-state index contributed by atoms with van der Waals surface area (Å²) in [5, 5.41) is 14.6. The van der Waals surface area contributed by atoms with E-state index in [1.165, 1.54) is 6.20 Å². The van der Waals surface area contributed by atoms with Crippen molar-refractivity contribution in [1.82, 2.24) is 15.5 Å². The van der Waals surface area contributed by atoms with E-state index in [1.54, 1.807) is 0 Å². The number of nitrogens with one attached hydrogen (secondary N) is 2. The topological polar surface area (TPSA) is 68.2 Å². The van der Waals surface area contributed by atoms with Gasteiger partial charge in [-0.15, -0.1) is 0 Å². The Balaban J connectivity index is 4.17. The van der Waals surface area contributed by atoms with Gasteiger partial charge in [-0.3, -0.25) is 4.79 Å². The summed E-state index contributed by atoms with van der Waals surface area (Å²) in [5.74, 6) is -0.342. The molecule has 0 aliphatic heterocycles. The first-order valence-electron chi connectivity index (χ1n) is 6.07. The van der Waals surface area contributed by atoms with Crippen LogP contribution in [0.2, 0.25) is 0 Å². The van der Waals surface area contributed by atoms with Crippen molar-refractivity contribution in [2.45, 2.75) is 32.7 Å². The van der Waals surface area contributed by atoms with Crippen LogP contribution in [-0.2, 0) is 4.79 Å². The zero-order valence-corrected chi connectivity index (χ0v) is 12.0. The molecule has 1 amide bonds. The summed E-state index contributed by atoms with van der Waals surface area (Å²) >= 11 is 0. The molecular formula is C13H24N4O. The molecule has 0 aromatic rings. The van der Waals surface area contributed by atoms with Crippen LogP contribution in [0.25, 0.3) is 0 Å². The minimum absolute atomic E-state index is 0.106. The lowest BCUT2D eigenvalue weighted by molar-refractivity contribution is -0.118. The Bertz CT molecular complexity index is 334. The van der Waals surface area contributed by atoms with E-state index in [2.05, 4.69) is 15.5 Å². The summed E-state index contributed by atoms with van der Waals surface area (Å²) in [6.07, 6.45) is 2.44. The molecule has 0 radical (unpaired) electrons. The molecule has 0 saturated heterocycles. The van der Waals surface area contributed by atoms with Crippen LogP contribution in [0.4, 0.5) is 0 Å². The summed E-state index contributed by atoms with van der Waals surface area (Å²) in [6, 6.07) is 1.90. The van der Waals surface area contributed by atoms with Gasteiger partial charge in [0.05, 0.1) is 0 Å². The van der Waals surface area contributed by atoms with Gasteiger partial charge in [0, 0.05) is 18.3 Å². The molecule has 0 aromatic carbocycles. The van der Waals surface area contributed by atoms with Crippen LogP contribution in [0.5, 0.6) is 0 Å². The van der Waals surface area contributed by atoms with E-state index >= 15 is 0 Å². The Labute approximate surface area is 110 Å². The third-order valence-corrected chi connectivity index (χ3v) is 2.03. The third kappa shape index (κ3) is 8.59. The molecule has 5 nitrogen and oxygen atoms in total. The van der Waals surface area contributed by atoms with E-state index in [0.29, 0.717) is 0 Å². The fourth-order valence-corrected chi connectivity index (χ4v) is 1.23. The second-order valence-corrected chi connectivity index (χ2v) is 5.48. The quantitative estimate of drug-likeness (QED) is 0.418. The Morgan fingerprint density at radius 3 is 2.44 bits per heavy atom. The van der Waals surface area contributed by atoms with Crippen molar-refractivity contribution in [3.63, 3.8) is 0 Å². The minimum Gasteiger partial charge on any atom is -0.390 e. The van der Waals surface area contributed by atoms with Crippen LogP contribution in [0.15, 0.2) is 11.8 Å². The summed E-state index contributed by atoms with van der Waals surface area (Å²) in [7, 11) is 4.01. The SMILES string of the molecule is CN(C)CCCN/C=C(/C#N)C(=O)NC(C)(C)C. The molecule has 0 aromatic heterocycles. The number of rotatable bonds is 6. The van der Waals surface area contributed by atoms with Gasteiger partial charge in [0.1, 0.15) is 11.6 Å². The summed E-state index contributed by atoms with van der Waals surface area (Å²) < 4.78 is 0. The molecule has 102 valence electrons. The van der Waals surface area contributed by atoms with Gasteiger partial charge in [-0.25, -0.2) is 0 Å². The first-order chi connectivity index (χ1) is 8.26. The van der Waals surface area contributed by atoms with Crippen LogP contribution in [0.1, 0.15) is 27.2 Å². The Kier molecular flexibility index (Phi) is 7.06. The van der Waals surface area contributed by atoms with Crippen LogP contribution in [0.3, 0.4) is 0 Å². The average molecular weight is 252 g/mol. The van der Waals surface area contributed by atoms with Crippen molar-refractivity contribution in [2.75, 3.05) is 27.2 Å². The van der Waals surface area contributed by atoms with Crippen molar-refractivity contribution < 1.29 is 4.79 Å². The highest BCUT2D eigenvalue weighted by Crippen LogP contribution is 2.01. The van der Waals surface area contributed by atoms with Gasteiger partial charge in [0.2, 0.25) is 0 Å². The van der Waals surface area contributed by atoms with E-state index in [4.69, 9.17) is 5.26 Å². The van der Waals surface area contributed by atoms with E-state index in [1.807, 2.05) is 40.9 Å². The maximum absolute atomic E-state index is 11.7. The molecule has 18 heavy (non-hydrogen) atoms. The number of carbonyl (C=O) groups excluding carboxylic acids is 1. The molecule has 0 rings (SSSR count). The number of nitriles is 1. The van der Waals surface area contributed by atoms with Gasteiger partial charge in [-0.05, 0) is 47.8 Å². The minimum atomic E-state index is -0.342. The maximum atomic E-state index is 11.7. The number of nitrogens with zero attached hydrogens (tertiary/aromatic N) is 2. The molecule has 0 aliphatic rings. The Morgan fingerprint density at radius 2 is 2.00 bits per heavy atom. The fourth-order valence-electron chi connectivity index (χ4n) is 1.23. The van der Waals surface area contributed by atoms with Gasteiger partial charge in [-0.1, -0.05) is 0 Å². The summed E-state index contributed by atoms with van der Waals surface area (Å²) in [5.41, 5.74) is -0.229. The van der Waals surface area contributed by atoms with Crippen molar-refractivity contribution in [1.29, 1.82) is 5.26 Å². The van der Waals surface area contributed by atoms with Gasteiger partial charge in [0.15, 0.2) is 0 Å². The first kappa shape index (κ1) is 16.5. The normalized spacial score (nSPS) is 12.2. The highest BCUT2D eigenvalue weighted by molar-refractivity contribution is 5.97. The molecule has 5 heteroatoms. The maximum Gasteiger partial charge on any atom is 0.263 e. The molecule has 0 spiro atoms. The van der Waals surface area contributed by atoms with Crippen molar-refractivity contribution in [3.05, 3.63) is 11.8 Å². The lowest BCUT2D eigenvalue weighted by Crippen LogP contribution is -2.41. The monoisotopic (exact) mass is 252 g/mol. The van der Waals surface area contributed by atoms with Gasteiger partial charge in [0.25, 0.3) is 5.91 Å². The Hall–Kier alpha value is -1.54. The van der Waals surface area contributed by atoms with Gasteiger partial charge < -0.3 is 15.5 Å². The lowest BCUT2D eigenvalue weighted by atomic mass is 10.1. The largest absolute Gasteiger partial charge is 0.390 e. The summed E-state index contributed by atoms with van der Waals surface area (Å²) in [6.45, 7) is 7.35. The average Bonchev–Trinajstić information content (AvgIpc) is 2.20. The van der Waals surface area contributed by atoms with Gasteiger partial charge >= 0.3 is 0 Å². The zero-order valence-electron chi connectivity index (χ0n) is 12.0. The number of hydrogen-bond acceptors (Lipinski definition) is 4. The molecule has 0 saturated carbocycles. The molecule has 2 N–H and O–H groups in total. The molecule has 0 fully saturated rings. The molecular weight excluding hydrogens is 228 g/mol. The predicted molar refractivity (Wildman–Crippen MR) is 72.8 cm³/mol. The first-order valence-corrected chi connectivity index (χ1v) is 6.07. The van der Waals surface area contributed by atoms with Crippen molar-refractivity contribution in [3.8, 4) is 6.07 Å². The fraction of sp³-hybridized carbons (Fsp3) is 0.692. The molecule has 0 unspecified atom stereocenters. The van der Waals surface area contributed by atoms with Crippen molar-refractivity contribution in [2.24, 2.45) is 0 Å². The molecule has 0 heterocycles. The van der Waals surface area contributed by atoms with Crippen LogP contribution in [0, 0.1) is 11.3 Å². The van der Waals surface area contributed by atoms with Crippen LogP contribution in [-0.4, -0.2) is 43.5 Å². The molecule has 0 aliphatic carbocycles. The second kappa shape index (κ2) is 7.72. The molecule has 0 atom stereocenters. The lowest BCUT2D eigenvalue weighted by Gasteiger charge is -2.20. The van der Waals surface area contributed by atoms with Crippen LogP contribution >= 0.6 is 0 Å². The van der Waals surface area contributed by atoms with E-state index in [9.17, 15) is 4.79 Å². The zero-order chi connectivity index (χ0) is 14.2. The second-order valence-electron chi connectivity index (χ2n) is 5.48. The predicted octanol–water partition coefficient (Wildman–Crippen LogP) is 0.850. The smallest absolute Gasteiger partial charge is 0.263 e. The number of carbonyl (C=O) groups is 1. The Morgan fingerprint density at radius 1 is 1.39 bits per heavy atom.